The van der Waals surface area contributed by atoms with Gasteiger partial charge in [0.1, 0.15) is 6.04 Å². The molecule has 2 aliphatic heterocycles. The van der Waals surface area contributed by atoms with E-state index in [1.807, 2.05) is 28.0 Å². The van der Waals surface area contributed by atoms with E-state index in [2.05, 4.69) is 43.0 Å². The van der Waals surface area contributed by atoms with Crippen molar-refractivity contribution in [2.45, 2.75) is 39.2 Å². The van der Waals surface area contributed by atoms with Crippen molar-refractivity contribution in [2.24, 2.45) is 5.92 Å². The maximum absolute atomic E-state index is 13.8. The number of benzene rings is 2. The second kappa shape index (κ2) is 8.03. The molecular formula is C26H31N3O2. The lowest BCUT2D eigenvalue weighted by atomic mass is 9.91. The molecule has 0 radical (unpaired) electrons. The number of piperazine rings is 1. The zero-order valence-corrected chi connectivity index (χ0v) is 18.5. The molecule has 2 heterocycles. The molecule has 2 fully saturated rings. The molecule has 5 nitrogen and oxygen atoms in total. The monoisotopic (exact) mass is 417 g/mol. The zero-order chi connectivity index (χ0) is 21.5. The lowest BCUT2D eigenvalue weighted by molar-refractivity contribution is -0.147. The summed E-state index contributed by atoms with van der Waals surface area (Å²) in [6.45, 7) is 7.93. The highest BCUT2D eigenvalue weighted by Crippen LogP contribution is 2.38. The molecule has 2 aromatic rings. The Balaban J connectivity index is 1.36. The van der Waals surface area contributed by atoms with Gasteiger partial charge in [-0.2, -0.15) is 0 Å². The summed E-state index contributed by atoms with van der Waals surface area (Å²) in [4.78, 5) is 33.0. The molecule has 0 bridgehead atoms. The van der Waals surface area contributed by atoms with Crippen LogP contribution in [-0.4, -0.2) is 54.3 Å². The molecule has 1 atom stereocenters. The lowest BCUT2D eigenvalue weighted by Crippen LogP contribution is -2.54. The zero-order valence-electron chi connectivity index (χ0n) is 18.5. The summed E-state index contributed by atoms with van der Waals surface area (Å²) in [5, 5.41) is 0. The standard InChI is InChI=1S/C26H31N3O2/c1-18-7-8-19(2)23(17-18)27-13-15-28(16-14-27)26(31)24-22-6-4-3-5-20(22)11-12-29(24)25(30)21-9-10-21/h3-8,17,21,24H,9-16H2,1-2H3/t24-/m0/s1. The second-order valence-electron chi connectivity index (χ2n) is 9.26. The van der Waals surface area contributed by atoms with E-state index in [-0.39, 0.29) is 17.7 Å². The molecule has 1 aliphatic carbocycles. The van der Waals surface area contributed by atoms with Crippen LogP contribution in [0.1, 0.15) is 41.1 Å². The van der Waals surface area contributed by atoms with Crippen molar-refractivity contribution in [3.8, 4) is 0 Å². The van der Waals surface area contributed by atoms with Crippen LogP contribution in [0.3, 0.4) is 0 Å². The van der Waals surface area contributed by atoms with Crippen LogP contribution in [-0.2, 0) is 16.0 Å². The first-order chi connectivity index (χ1) is 15.0. The fraction of sp³-hybridized carbons (Fsp3) is 0.462. The highest BCUT2D eigenvalue weighted by Gasteiger charge is 2.43. The summed E-state index contributed by atoms with van der Waals surface area (Å²) in [5.41, 5.74) is 6.01. The SMILES string of the molecule is Cc1ccc(C)c(N2CCN(C(=O)[C@@H]3c4ccccc4CCN3C(=O)C3CC3)CC2)c1. The summed E-state index contributed by atoms with van der Waals surface area (Å²) in [6.07, 6.45) is 2.76. The topological polar surface area (TPSA) is 43.9 Å². The first-order valence-electron chi connectivity index (χ1n) is 11.5. The first-order valence-corrected chi connectivity index (χ1v) is 11.5. The predicted molar refractivity (Wildman–Crippen MR) is 122 cm³/mol. The van der Waals surface area contributed by atoms with Gasteiger partial charge >= 0.3 is 0 Å². The van der Waals surface area contributed by atoms with Gasteiger partial charge in [-0.15, -0.1) is 0 Å². The fourth-order valence-electron chi connectivity index (χ4n) is 5.04. The van der Waals surface area contributed by atoms with Crippen LogP contribution in [0.2, 0.25) is 0 Å². The number of rotatable bonds is 3. The van der Waals surface area contributed by atoms with Gasteiger partial charge in [-0.1, -0.05) is 36.4 Å². The number of carbonyl (C=O) groups excluding carboxylic acids is 2. The van der Waals surface area contributed by atoms with Crippen LogP contribution in [0.5, 0.6) is 0 Å². The second-order valence-corrected chi connectivity index (χ2v) is 9.26. The third kappa shape index (κ3) is 3.82. The van der Waals surface area contributed by atoms with E-state index < -0.39 is 6.04 Å². The molecule has 162 valence electrons. The van der Waals surface area contributed by atoms with Gasteiger partial charge in [0.2, 0.25) is 11.8 Å². The van der Waals surface area contributed by atoms with Crippen LogP contribution >= 0.6 is 0 Å². The third-order valence-corrected chi connectivity index (χ3v) is 7.02. The van der Waals surface area contributed by atoms with Crippen LogP contribution in [0, 0.1) is 19.8 Å². The number of amides is 2. The van der Waals surface area contributed by atoms with E-state index in [0.29, 0.717) is 19.6 Å². The molecular weight excluding hydrogens is 386 g/mol. The maximum atomic E-state index is 13.8. The molecule has 5 rings (SSSR count). The van der Waals surface area contributed by atoms with E-state index in [9.17, 15) is 9.59 Å². The van der Waals surface area contributed by atoms with Crippen LogP contribution in [0.25, 0.3) is 0 Å². The minimum atomic E-state index is -0.467. The Labute approximate surface area is 184 Å². The van der Waals surface area contributed by atoms with E-state index >= 15 is 0 Å². The molecule has 0 N–H and O–H groups in total. The normalized spacial score (nSPS) is 21.1. The fourth-order valence-corrected chi connectivity index (χ4v) is 5.04. The van der Waals surface area contributed by atoms with E-state index in [4.69, 9.17) is 0 Å². The summed E-state index contributed by atoms with van der Waals surface area (Å²) >= 11 is 0. The first kappa shape index (κ1) is 20.1. The molecule has 1 saturated heterocycles. The van der Waals surface area contributed by atoms with Gasteiger partial charge in [0, 0.05) is 44.3 Å². The van der Waals surface area contributed by atoms with Gasteiger partial charge in [-0.25, -0.2) is 0 Å². The number of hydrogen-bond acceptors (Lipinski definition) is 3. The van der Waals surface area contributed by atoms with E-state index in [1.54, 1.807) is 0 Å². The molecule has 0 spiro atoms. The smallest absolute Gasteiger partial charge is 0.250 e. The Kier molecular flexibility index (Phi) is 5.20. The van der Waals surface area contributed by atoms with Crippen molar-refractivity contribution >= 4 is 17.5 Å². The Morgan fingerprint density at radius 1 is 0.871 bits per heavy atom. The summed E-state index contributed by atoms with van der Waals surface area (Å²) < 4.78 is 0. The van der Waals surface area contributed by atoms with Gasteiger partial charge in [-0.3, -0.25) is 9.59 Å². The van der Waals surface area contributed by atoms with Gasteiger partial charge in [0.05, 0.1) is 0 Å². The molecule has 3 aliphatic rings. The number of nitrogens with zero attached hydrogens (tertiary/aromatic N) is 3. The van der Waals surface area contributed by atoms with E-state index in [0.717, 1.165) is 37.9 Å². The predicted octanol–water partition coefficient (Wildman–Crippen LogP) is 3.49. The molecule has 5 heteroatoms. The summed E-state index contributed by atoms with van der Waals surface area (Å²) in [5.74, 6) is 0.380. The molecule has 1 saturated carbocycles. The van der Waals surface area contributed by atoms with Crippen LogP contribution in [0.15, 0.2) is 42.5 Å². The minimum Gasteiger partial charge on any atom is -0.368 e. The van der Waals surface area contributed by atoms with Gasteiger partial charge in [0.25, 0.3) is 0 Å². The summed E-state index contributed by atoms with van der Waals surface area (Å²) in [7, 11) is 0. The Morgan fingerprint density at radius 2 is 1.61 bits per heavy atom. The van der Waals surface area contributed by atoms with Crippen molar-refractivity contribution < 1.29 is 9.59 Å². The molecule has 2 amide bonds. The minimum absolute atomic E-state index is 0.0850. The van der Waals surface area contributed by atoms with Crippen molar-refractivity contribution in [3.05, 3.63) is 64.7 Å². The highest BCUT2D eigenvalue weighted by atomic mass is 16.2. The number of anilines is 1. The Hall–Kier alpha value is -2.82. The lowest BCUT2D eigenvalue weighted by Gasteiger charge is -2.42. The Bertz CT molecular complexity index is 1010. The molecule has 2 aromatic carbocycles. The van der Waals surface area contributed by atoms with Gasteiger partial charge in [0.15, 0.2) is 0 Å². The average Bonchev–Trinajstić information content (AvgIpc) is 3.65. The molecule has 0 aromatic heterocycles. The Morgan fingerprint density at radius 3 is 2.35 bits per heavy atom. The largest absolute Gasteiger partial charge is 0.368 e. The number of hydrogen-bond donors (Lipinski definition) is 0. The van der Waals surface area contributed by atoms with Crippen LogP contribution in [0.4, 0.5) is 5.69 Å². The van der Waals surface area contributed by atoms with Gasteiger partial charge in [-0.05, 0) is 61.4 Å². The van der Waals surface area contributed by atoms with Crippen molar-refractivity contribution in [2.75, 3.05) is 37.6 Å². The molecule has 31 heavy (non-hydrogen) atoms. The maximum Gasteiger partial charge on any atom is 0.250 e. The molecule has 0 unspecified atom stereocenters. The third-order valence-electron chi connectivity index (χ3n) is 7.02. The van der Waals surface area contributed by atoms with Crippen molar-refractivity contribution in [3.63, 3.8) is 0 Å². The summed E-state index contributed by atoms with van der Waals surface area (Å²) in [6, 6.07) is 14.2. The number of carbonyl (C=O) groups is 2. The number of fused-ring (bicyclic) bond motifs is 1. The average molecular weight is 418 g/mol. The number of aryl methyl sites for hydroxylation is 2. The quantitative estimate of drug-likeness (QED) is 0.768. The highest BCUT2D eigenvalue weighted by molar-refractivity contribution is 5.91. The van der Waals surface area contributed by atoms with Crippen LogP contribution < -0.4 is 4.90 Å². The van der Waals surface area contributed by atoms with Gasteiger partial charge < -0.3 is 14.7 Å². The van der Waals surface area contributed by atoms with Crippen molar-refractivity contribution in [1.82, 2.24) is 9.80 Å². The van der Waals surface area contributed by atoms with Crippen molar-refractivity contribution in [1.29, 1.82) is 0 Å². The van der Waals surface area contributed by atoms with E-state index in [1.165, 1.54) is 22.4 Å².